The number of piperazine rings is 1. The Hall–Kier alpha value is -1.35. The maximum absolute atomic E-state index is 11.2. The van der Waals surface area contributed by atoms with Gasteiger partial charge >= 0.3 is 0 Å². The van der Waals surface area contributed by atoms with Gasteiger partial charge in [0.25, 0.3) is 0 Å². The highest BCUT2D eigenvalue weighted by Crippen LogP contribution is 2.09. The first-order valence-corrected chi connectivity index (χ1v) is 6.18. The fourth-order valence-corrected chi connectivity index (χ4v) is 2.17. The maximum atomic E-state index is 11.2. The predicted molar refractivity (Wildman–Crippen MR) is 68.7 cm³/mol. The van der Waals surface area contributed by atoms with Crippen molar-refractivity contribution in [2.45, 2.75) is 20.4 Å². The van der Waals surface area contributed by atoms with Crippen molar-refractivity contribution < 1.29 is 4.79 Å². The topological polar surface area (TPSA) is 23.6 Å². The van der Waals surface area contributed by atoms with E-state index in [2.05, 4.69) is 36.1 Å². The molecule has 92 valence electrons. The molecule has 1 aromatic rings. The van der Waals surface area contributed by atoms with Crippen molar-refractivity contribution in [1.82, 2.24) is 9.80 Å². The van der Waals surface area contributed by atoms with Gasteiger partial charge in [-0.2, -0.15) is 0 Å². The zero-order valence-electron chi connectivity index (χ0n) is 10.6. The first kappa shape index (κ1) is 12.1. The summed E-state index contributed by atoms with van der Waals surface area (Å²) in [5.41, 5.74) is 2.65. The monoisotopic (exact) mass is 232 g/mol. The van der Waals surface area contributed by atoms with E-state index in [-0.39, 0.29) is 5.91 Å². The predicted octanol–water partition coefficient (Wildman–Crippen LogP) is 1.66. The van der Waals surface area contributed by atoms with E-state index in [1.807, 2.05) is 4.90 Å². The molecule has 1 aliphatic heterocycles. The van der Waals surface area contributed by atoms with Gasteiger partial charge in [-0.3, -0.25) is 9.69 Å². The van der Waals surface area contributed by atoms with Gasteiger partial charge in [0, 0.05) is 39.6 Å². The van der Waals surface area contributed by atoms with Gasteiger partial charge in [0.15, 0.2) is 0 Å². The highest BCUT2D eigenvalue weighted by molar-refractivity contribution is 5.73. The molecule has 0 radical (unpaired) electrons. The van der Waals surface area contributed by atoms with Gasteiger partial charge in [-0.15, -0.1) is 0 Å². The molecule has 3 nitrogen and oxygen atoms in total. The lowest BCUT2D eigenvalue weighted by Gasteiger charge is -2.34. The first-order valence-electron chi connectivity index (χ1n) is 6.18. The van der Waals surface area contributed by atoms with Crippen LogP contribution in [0.15, 0.2) is 24.3 Å². The van der Waals surface area contributed by atoms with Crippen molar-refractivity contribution in [1.29, 1.82) is 0 Å². The van der Waals surface area contributed by atoms with Crippen molar-refractivity contribution >= 4 is 5.91 Å². The molecule has 1 amide bonds. The van der Waals surface area contributed by atoms with Crippen LogP contribution in [0.3, 0.4) is 0 Å². The summed E-state index contributed by atoms with van der Waals surface area (Å²) in [7, 11) is 0. The Morgan fingerprint density at radius 3 is 2.24 bits per heavy atom. The Morgan fingerprint density at radius 1 is 1.12 bits per heavy atom. The molecule has 0 unspecified atom stereocenters. The SMILES string of the molecule is CC(=O)N1CCN(Cc2ccc(C)cc2)CC1. The van der Waals surface area contributed by atoms with Gasteiger partial charge in [0.05, 0.1) is 0 Å². The third-order valence-electron chi connectivity index (χ3n) is 3.34. The van der Waals surface area contributed by atoms with Gasteiger partial charge in [-0.05, 0) is 12.5 Å². The van der Waals surface area contributed by atoms with Crippen LogP contribution in [0.2, 0.25) is 0 Å². The smallest absolute Gasteiger partial charge is 0.219 e. The van der Waals surface area contributed by atoms with E-state index in [0.717, 1.165) is 32.7 Å². The zero-order valence-corrected chi connectivity index (χ0v) is 10.6. The fourth-order valence-electron chi connectivity index (χ4n) is 2.17. The quantitative estimate of drug-likeness (QED) is 0.774. The van der Waals surface area contributed by atoms with E-state index < -0.39 is 0 Å². The minimum Gasteiger partial charge on any atom is -0.340 e. The molecule has 1 saturated heterocycles. The molecule has 2 rings (SSSR count). The molecule has 0 atom stereocenters. The Balaban J connectivity index is 1.85. The Kier molecular flexibility index (Phi) is 3.79. The average Bonchev–Trinajstić information content (AvgIpc) is 2.33. The van der Waals surface area contributed by atoms with Crippen LogP contribution in [-0.2, 0) is 11.3 Å². The summed E-state index contributed by atoms with van der Waals surface area (Å²) in [4.78, 5) is 15.5. The lowest BCUT2D eigenvalue weighted by atomic mass is 10.1. The van der Waals surface area contributed by atoms with Crippen molar-refractivity contribution in [3.63, 3.8) is 0 Å². The molecule has 0 aromatic heterocycles. The van der Waals surface area contributed by atoms with E-state index in [1.165, 1.54) is 11.1 Å². The molecule has 1 aliphatic rings. The maximum Gasteiger partial charge on any atom is 0.219 e. The summed E-state index contributed by atoms with van der Waals surface area (Å²) in [6.45, 7) is 8.43. The van der Waals surface area contributed by atoms with Crippen LogP contribution in [0, 0.1) is 6.92 Å². The van der Waals surface area contributed by atoms with E-state index in [4.69, 9.17) is 0 Å². The van der Waals surface area contributed by atoms with E-state index in [0.29, 0.717) is 0 Å². The van der Waals surface area contributed by atoms with Crippen LogP contribution in [0.25, 0.3) is 0 Å². The zero-order chi connectivity index (χ0) is 12.3. The lowest BCUT2D eigenvalue weighted by molar-refractivity contribution is -0.130. The van der Waals surface area contributed by atoms with Gasteiger partial charge < -0.3 is 4.90 Å². The largest absolute Gasteiger partial charge is 0.340 e. The molecule has 0 N–H and O–H groups in total. The summed E-state index contributed by atoms with van der Waals surface area (Å²) in [6, 6.07) is 8.68. The standard InChI is InChI=1S/C14H20N2O/c1-12-3-5-14(6-4-12)11-15-7-9-16(10-8-15)13(2)17/h3-6H,7-11H2,1-2H3. The van der Waals surface area contributed by atoms with Crippen LogP contribution in [0.1, 0.15) is 18.1 Å². The van der Waals surface area contributed by atoms with Crippen LogP contribution in [-0.4, -0.2) is 41.9 Å². The number of nitrogens with zero attached hydrogens (tertiary/aromatic N) is 2. The fraction of sp³-hybridized carbons (Fsp3) is 0.500. The van der Waals surface area contributed by atoms with Gasteiger partial charge in [-0.25, -0.2) is 0 Å². The molecule has 0 aliphatic carbocycles. The molecule has 0 spiro atoms. The minimum atomic E-state index is 0.194. The molecule has 1 heterocycles. The average molecular weight is 232 g/mol. The van der Waals surface area contributed by atoms with Crippen molar-refractivity contribution in [3.05, 3.63) is 35.4 Å². The molecule has 0 bridgehead atoms. The molecular formula is C14H20N2O. The second kappa shape index (κ2) is 5.32. The molecule has 1 aromatic carbocycles. The lowest BCUT2D eigenvalue weighted by Crippen LogP contribution is -2.47. The van der Waals surface area contributed by atoms with Gasteiger partial charge in [0.1, 0.15) is 0 Å². The minimum absolute atomic E-state index is 0.194. The number of benzene rings is 1. The van der Waals surface area contributed by atoms with E-state index in [1.54, 1.807) is 6.92 Å². The first-order chi connectivity index (χ1) is 8.15. The number of carbonyl (C=O) groups is 1. The van der Waals surface area contributed by atoms with Crippen LogP contribution >= 0.6 is 0 Å². The van der Waals surface area contributed by atoms with E-state index in [9.17, 15) is 4.79 Å². The second-order valence-electron chi connectivity index (χ2n) is 4.77. The normalized spacial score (nSPS) is 17.2. The number of hydrogen-bond acceptors (Lipinski definition) is 2. The number of aryl methyl sites for hydroxylation is 1. The number of amides is 1. The van der Waals surface area contributed by atoms with Crippen LogP contribution < -0.4 is 0 Å². The summed E-state index contributed by atoms with van der Waals surface area (Å²) in [5, 5.41) is 0. The third-order valence-corrected chi connectivity index (χ3v) is 3.34. The van der Waals surface area contributed by atoms with Crippen LogP contribution in [0.4, 0.5) is 0 Å². The molecule has 3 heteroatoms. The number of carbonyl (C=O) groups excluding carboxylic acids is 1. The van der Waals surface area contributed by atoms with Crippen LogP contribution in [0.5, 0.6) is 0 Å². The number of rotatable bonds is 2. The summed E-state index contributed by atoms with van der Waals surface area (Å²) >= 11 is 0. The number of hydrogen-bond donors (Lipinski definition) is 0. The molecule has 17 heavy (non-hydrogen) atoms. The second-order valence-corrected chi connectivity index (χ2v) is 4.77. The summed E-state index contributed by atoms with van der Waals surface area (Å²) in [6.07, 6.45) is 0. The van der Waals surface area contributed by atoms with Crippen molar-refractivity contribution in [2.24, 2.45) is 0 Å². The summed E-state index contributed by atoms with van der Waals surface area (Å²) in [5.74, 6) is 0.194. The third kappa shape index (κ3) is 3.30. The Labute approximate surface area is 103 Å². The van der Waals surface area contributed by atoms with E-state index >= 15 is 0 Å². The van der Waals surface area contributed by atoms with Crippen molar-refractivity contribution in [2.75, 3.05) is 26.2 Å². The highest BCUT2D eigenvalue weighted by atomic mass is 16.2. The Bertz CT molecular complexity index is 378. The van der Waals surface area contributed by atoms with Gasteiger partial charge in [0.2, 0.25) is 5.91 Å². The highest BCUT2D eigenvalue weighted by Gasteiger charge is 2.18. The Morgan fingerprint density at radius 2 is 1.71 bits per heavy atom. The molecule has 0 saturated carbocycles. The molecule has 1 fully saturated rings. The van der Waals surface area contributed by atoms with Crippen molar-refractivity contribution in [3.8, 4) is 0 Å². The van der Waals surface area contributed by atoms with Gasteiger partial charge in [-0.1, -0.05) is 29.8 Å². The molecular weight excluding hydrogens is 212 g/mol. The summed E-state index contributed by atoms with van der Waals surface area (Å²) < 4.78 is 0.